The fourth-order valence-corrected chi connectivity index (χ4v) is 6.96. The summed E-state index contributed by atoms with van der Waals surface area (Å²) in [6, 6.07) is 24.1. The number of nitro groups is 1. The lowest BCUT2D eigenvalue weighted by Gasteiger charge is -2.44. The van der Waals surface area contributed by atoms with Crippen LogP contribution >= 0.6 is 0 Å². The van der Waals surface area contributed by atoms with Crippen molar-refractivity contribution in [2.45, 2.75) is 30.9 Å². The Kier molecular flexibility index (Phi) is 8.07. The monoisotopic (exact) mass is 613 g/mol. The van der Waals surface area contributed by atoms with Crippen LogP contribution in [-0.4, -0.2) is 49.5 Å². The summed E-state index contributed by atoms with van der Waals surface area (Å²) in [6.07, 6.45) is -0.512. The first-order valence-electron chi connectivity index (χ1n) is 13.9. The number of non-ortho nitro benzene ring substituents is 1. The van der Waals surface area contributed by atoms with E-state index in [1.165, 1.54) is 29.2 Å². The zero-order valence-corrected chi connectivity index (χ0v) is 24.2. The van der Waals surface area contributed by atoms with Gasteiger partial charge in [0.25, 0.3) is 11.6 Å². The average Bonchev–Trinajstić information content (AvgIpc) is 3.46. The number of allylic oxidation sites excluding steroid dienone is 1. The van der Waals surface area contributed by atoms with Gasteiger partial charge in [0.05, 0.1) is 22.7 Å². The van der Waals surface area contributed by atoms with E-state index >= 15 is 0 Å². The summed E-state index contributed by atoms with van der Waals surface area (Å²) >= 11 is 0. The third-order valence-electron chi connectivity index (χ3n) is 7.66. The lowest BCUT2D eigenvalue weighted by molar-refractivity contribution is -0.384. The molecule has 3 aliphatic rings. The number of esters is 1. The molecule has 2 atom stereocenters. The van der Waals surface area contributed by atoms with E-state index in [-0.39, 0.29) is 59.4 Å². The summed E-state index contributed by atoms with van der Waals surface area (Å²) in [6.45, 7) is 0.237. The SMILES string of the molecule is O=C1NCCC1=C(OCc1ccc([N+](=O)[O-])cc1)C1=C(C(=O)OC(c2ccccc2)c2ccccc2)N2C(=O)CC2S(=O)C1. The van der Waals surface area contributed by atoms with E-state index in [9.17, 15) is 28.7 Å². The lowest BCUT2D eigenvalue weighted by Crippen LogP contribution is -2.58. The van der Waals surface area contributed by atoms with Crippen molar-refractivity contribution in [1.82, 2.24) is 10.2 Å². The Morgan fingerprint density at radius 1 is 1.00 bits per heavy atom. The summed E-state index contributed by atoms with van der Waals surface area (Å²) in [7, 11) is -1.57. The molecule has 2 amide bonds. The van der Waals surface area contributed by atoms with Gasteiger partial charge in [-0.15, -0.1) is 0 Å². The van der Waals surface area contributed by atoms with E-state index in [0.717, 1.165) is 0 Å². The Balaban J connectivity index is 1.42. The highest BCUT2D eigenvalue weighted by Gasteiger charge is 2.51. The molecule has 2 saturated heterocycles. The number of hydrogen-bond donors (Lipinski definition) is 1. The molecular formula is C32H27N3O8S. The summed E-state index contributed by atoms with van der Waals surface area (Å²) in [5, 5.41) is 13.1. The molecule has 2 unspecified atom stereocenters. The molecule has 224 valence electrons. The van der Waals surface area contributed by atoms with E-state index in [1.54, 1.807) is 0 Å². The number of nitro benzene ring substituents is 1. The van der Waals surface area contributed by atoms with Gasteiger partial charge < -0.3 is 14.8 Å². The molecule has 0 aromatic heterocycles. The third kappa shape index (κ3) is 5.63. The number of carbonyl (C=O) groups excluding carboxylic acids is 3. The van der Waals surface area contributed by atoms with E-state index in [1.807, 2.05) is 60.7 Å². The number of hydrogen-bond acceptors (Lipinski definition) is 8. The number of fused-ring (bicyclic) bond motifs is 1. The van der Waals surface area contributed by atoms with Crippen molar-refractivity contribution in [1.29, 1.82) is 0 Å². The number of benzene rings is 3. The highest BCUT2D eigenvalue weighted by Crippen LogP contribution is 2.40. The molecule has 1 N–H and O–H groups in total. The number of nitrogens with one attached hydrogen (secondary N) is 1. The number of amides is 2. The van der Waals surface area contributed by atoms with Crippen molar-refractivity contribution in [3.8, 4) is 0 Å². The summed E-state index contributed by atoms with van der Waals surface area (Å²) in [5.74, 6) is -1.69. The molecule has 3 aromatic rings. The topological polar surface area (TPSA) is 145 Å². The molecule has 3 heterocycles. The number of β-lactam (4-membered cyclic amide) rings is 1. The van der Waals surface area contributed by atoms with Crippen LogP contribution in [0.15, 0.2) is 108 Å². The van der Waals surface area contributed by atoms with Gasteiger partial charge >= 0.3 is 5.97 Å². The van der Waals surface area contributed by atoms with Crippen LogP contribution in [0.4, 0.5) is 5.69 Å². The average molecular weight is 614 g/mol. The Bertz CT molecular complexity index is 1680. The second kappa shape index (κ2) is 12.3. The van der Waals surface area contributed by atoms with Crippen molar-refractivity contribution in [3.05, 3.63) is 134 Å². The zero-order chi connectivity index (χ0) is 30.8. The first kappa shape index (κ1) is 29.0. The van der Waals surface area contributed by atoms with Crippen molar-refractivity contribution in [3.63, 3.8) is 0 Å². The van der Waals surface area contributed by atoms with Crippen LogP contribution in [-0.2, 0) is 41.3 Å². The van der Waals surface area contributed by atoms with Gasteiger partial charge in [-0.2, -0.15) is 0 Å². The number of nitrogens with zero attached hydrogens (tertiary/aromatic N) is 2. The smallest absolute Gasteiger partial charge is 0.356 e. The quantitative estimate of drug-likeness (QED) is 0.0959. The van der Waals surface area contributed by atoms with E-state index in [4.69, 9.17) is 9.47 Å². The second-order valence-corrected chi connectivity index (χ2v) is 12.0. The van der Waals surface area contributed by atoms with Crippen LogP contribution < -0.4 is 5.32 Å². The summed E-state index contributed by atoms with van der Waals surface area (Å²) in [5.41, 5.74) is 2.19. The van der Waals surface area contributed by atoms with Gasteiger partial charge in [0.1, 0.15) is 23.4 Å². The highest BCUT2D eigenvalue weighted by molar-refractivity contribution is 7.86. The lowest BCUT2D eigenvalue weighted by atomic mass is 10.0. The van der Waals surface area contributed by atoms with Gasteiger partial charge in [-0.3, -0.25) is 28.8 Å². The minimum atomic E-state index is -1.57. The second-order valence-electron chi connectivity index (χ2n) is 10.4. The van der Waals surface area contributed by atoms with Crippen LogP contribution in [0.5, 0.6) is 0 Å². The first-order valence-corrected chi connectivity index (χ1v) is 15.3. The molecule has 12 heteroatoms. The summed E-state index contributed by atoms with van der Waals surface area (Å²) < 4.78 is 25.6. The van der Waals surface area contributed by atoms with Crippen LogP contribution in [0.3, 0.4) is 0 Å². The minimum Gasteiger partial charge on any atom is -0.488 e. The maximum atomic E-state index is 14.2. The largest absolute Gasteiger partial charge is 0.488 e. The minimum absolute atomic E-state index is 0.0213. The van der Waals surface area contributed by atoms with Gasteiger partial charge in [-0.05, 0) is 35.2 Å². The van der Waals surface area contributed by atoms with Crippen molar-refractivity contribution in [2.75, 3.05) is 12.3 Å². The fourth-order valence-electron chi connectivity index (χ4n) is 5.42. The molecule has 0 saturated carbocycles. The Labute approximate surface area is 254 Å². The number of ether oxygens (including phenoxy) is 2. The van der Waals surface area contributed by atoms with Crippen LogP contribution in [0.25, 0.3) is 0 Å². The molecule has 0 radical (unpaired) electrons. The molecule has 0 bridgehead atoms. The van der Waals surface area contributed by atoms with Crippen molar-refractivity contribution >= 4 is 34.3 Å². The highest BCUT2D eigenvalue weighted by atomic mass is 32.2. The molecule has 0 aliphatic carbocycles. The van der Waals surface area contributed by atoms with E-state index in [0.29, 0.717) is 23.2 Å². The Hall–Kier alpha value is -5.10. The van der Waals surface area contributed by atoms with Gasteiger partial charge in [0.2, 0.25) is 5.91 Å². The normalized spacial score (nSPS) is 20.5. The Morgan fingerprint density at radius 2 is 1.64 bits per heavy atom. The van der Waals surface area contributed by atoms with Crippen molar-refractivity contribution < 1.29 is 33.0 Å². The van der Waals surface area contributed by atoms with E-state index in [2.05, 4.69) is 5.32 Å². The predicted molar refractivity (Wildman–Crippen MR) is 159 cm³/mol. The molecule has 6 rings (SSSR count). The van der Waals surface area contributed by atoms with E-state index < -0.39 is 39.1 Å². The molecule has 3 aliphatic heterocycles. The molecule has 44 heavy (non-hydrogen) atoms. The van der Waals surface area contributed by atoms with Crippen LogP contribution in [0.1, 0.15) is 35.6 Å². The van der Waals surface area contributed by atoms with Gasteiger partial charge in [-0.1, -0.05) is 60.7 Å². The molecule has 3 aromatic carbocycles. The molecule has 2 fully saturated rings. The number of rotatable bonds is 9. The first-order chi connectivity index (χ1) is 21.3. The molecule has 11 nitrogen and oxygen atoms in total. The fraction of sp³-hybridized carbons (Fsp3) is 0.219. The van der Waals surface area contributed by atoms with Gasteiger partial charge in [0.15, 0.2) is 6.10 Å². The number of carbonyl (C=O) groups is 3. The summed E-state index contributed by atoms with van der Waals surface area (Å²) in [4.78, 5) is 51.8. The third-order valence-corrected chi connectivity index (χ3v) is 9.22. The maximum Gasteiger partial charge on any atom is 0.356 e. The van der Waals surface area contributed by atoms with Gasteiger partial charge in [-0.25, -0.2) is 4.79 Å². The molecule has 0 spiro atoms. The van der Waals surface area contributed by atoms with Gasteiger partial charge in [0, 0.05) is 35.1 Å². The van der Waals surface area contributed by atoms with Crippen LogP contribution in [0.2, 0.25) is 0 Å². The molecular weight excluding hydrogens is 586 g/mol. The Morgan fingerprint density at radius 3 is 2.18 bits per heavy atom. The van der Waals surface area contributed by atoms with Crippen LogP contribution in [0, 0.1) is 10.1 Å². The zero-order valence-electron chi connectivity index (χ0n) is 23.3. The standard InChI is InChI=1S/C32H27N3O8S/c36-26-17-27-34(26)28(32(38)43-29(21-7-3-1-4-8-21)22-9-5-2-6-10-22)25(19-44(27)41)30(24-15-16-33-31(24)37)42-18-20-11-13-23(14-12-20)35(39)40/h1-14,27,29H,15-19H2,(H,33,37). The predicted octanol–water partition coefficient (Wildman–Crippen LogP) is 3.79. The van der Waals surface area contributed by atoms with Crippen molar-refractivity contribution in [2.24, 2.45) is 0 Å². The maximum absolute atomic E-state index is 14.2.